The molecule has 4 heterocycles. The molecule has 0 radical (unpaired) electrons. The predicted octanol–water partition coefficient (Wildman–Crippen LogP) is 4.99. The minimum absolute atomic E-state index is 0.0388. The monoisotopic (exact) mass is 490 g/mol. The van der Waals surface area contributed by atoms with Gasteiger partial charge in [-0.15, -0.1) is 0 Å². The van der Waals surface area contributed by atoms with Gasteiger partial charge >= 0.3 is 6.09 Å². The summed E-state index contributed by atoms with van der Waals surface area (Å²) < 4.78 is 2.19. The van der Waals surface area contributed by atoms with Crippen molar-refractivity contribution in [3.63, 3.8) is 0 Å². The molecule has 8 heteroatoms. The molecule has 0 spiro atoms. The lowest BCUT2D eigenvalue weighted by Crippen LogP contribution is -2.54. The first-order valence-electron chi connectivity index (χ1n) is 13.1. The van der Waals surface area contributed by atoms with Crippen LogP contribution in [0.5, 0.6) is 0 Å². The Labute approximate surface area is 213 Å². The van der Waals surface area contributed by atoms with Crippen LogP contribution in [0.1, 0.15) is 69.4 Å². The van der Waals surface area contributed by atoms with Gasteiger partial charge in [0.2, 0.25) is 0 Å². The molecule has 1 amide bonds. The van der Waals surface area contributed by atoms with Crippen molar-refractivity contribution in [2.45, 2.75) is 77.0 Å². The summed E-state index contributed by atoms with van der Waals surface area (Å²) in [6.45, 7) is 8.33. The van der Waals surface area contributed by atoms with Gasteiger partial charge in [0.25, 0.3) is 0 Å². The molecule has 5 rings (SSSR count). The Balaban J connectivity index is 1.31. The third-order valence-electron chi connectivity index (χ3n) is 7.71. The molecule has 1 unspecified atom stereocenters. The van der Waals surface area contributed by atoms with Crippen molar-refractivity contribution < 1.29 is 9.90 Å². The Morgan fingerprint density at radius 3 is 2.64 bits per heavy atom. The van der Waals surface area contributed by atoms with Crippen LogP contribution in [-0.2, 0) is 13.0 Å². The standard InChI is InChI=1S/C28H38N6O2/c1-28(2,3)34(27(35)36)22-13-16-32(17-14-22)25-12-6-11-24-30-21(19-33(24)25)18-31(4)23-10-5-8-20-9-7-15-29-26(20)23/h6-7,9,11-12,15,19,22-23H,5,8,10,13-14,16-18H2,1-4H3,(H,35,36). The zero-order valence-corrected chi connectivity index (χ0v) is 21.9. The topological polar surface area (TPSA) is 77.2 Å². The zero-order valence-electron chi connectivity index (χ0n) is 21.9. The van der Waals surface area contributed by atoms with Gasteiger partial charge in [0.1, 0.15) is 11.5 Å². The van der Waals surface area contributed by atoms with Gasteiger partial charge in [0.05, 0.1) is 17.4 Å². The summed E-state index contributed by atoms with van der Waals surface area (Å²) in [6.07, 6.45) is 8.29. The van der Waals surface area contributed by atoms with Crippen molar-refractivity contribution in [2.24, 2.45) is 0 Å². The molecule has 1 atom stereocenters. The Bertz CT molecular complexity index is 1220. The Morgan fingerprint density at radius 2 is 1.92 bits per heavy atom. The maximum atomic E-state index is 11.9. The first-order valence-corrected chi connectivity index (χ1v) is 13.1. The fourth-order valence-corrected chi connectivity index (χ4v) is 6.10. The highest BCUT2D eigenvalue weighted by atomic mass is 16.4. The summed E-state index contributed by atoms with van der Waals surface area (Å²) in [5, 5.41) is 9.80. The van der Waals surface area contributed by atoms with Crippen molar-refractivity contribution in [3.8, 4) is 0 Å². The molecule has 1 fully saturated rings. The van der Waals surface area contributed by atoms with E-state index in [0.29, 0.717) is 6.04 Å². The Morgan fingerprint density at radius 1 is 1.14 bits per heavy atom. The van der Waals surface area contributed by atoms with E-state index in [9.17, 15) is 9.90 Å². The lowest BCUT2D eigenvalue weighted by molar-refractivity contribution is 0.0616. The molecule has 8 nitrogen and oxygen atoms in total. The van der Waals surface area contributed by atoms with E-state index in [2.05, 4.69) is 51.7 Å². The number of hydrogen-bond donors (Lipinski definition) is 1. The molecule has 0 aromatic carbocycles. The maximum absolute atomic E-state index is 11.9. The minimum atomic E-state index is -0.831. The quantitative estimate of drug-likeness (QED) is 0.543. The second kappa shape index (κ2) is 9.73. The highest BCUT2D eigenvalue weighted by Crippen LogP contribution is 2.33. The number of fused-ring (bicyclic) bond motifs is 2. The highest BCUT2D eigenvalue weighted by Gasteiger charge is 2.35. The first-order chi connectivity index (χ1) is 17.2. The van der Waals surface area contributed by atoms with Crippen LogP contribution >= 0.6 is 0 Å². The van der Waals surface area contributed by atoms with Crippen molar-refractivity contribution in [1.29, 1.82) is 0 Å². The number of anilines is 1. The van der Waals surface area contributed by atoms with Crippen LogP contribution in [0.3, 0.4) is 0 Å². The van der Waals surface area contributed by atoms with E-state index < -0.39 is 11.6 Å². The number of carbonyl (C=O) groups is 1. The Kier molecular flexibility index (Phi) is 6.64. The molecule has 3 aromatic rings. The van der Waals surface area contributed by atoms with Crippen molar-refractivity contribution in [2.75, 3.05) is 25.0 Å². The number of carboxylic acid groups (broad SMARTS) is 1. The minimum Gasteiger partial charge on any atom is -0.465 e. The summed E-state index contributed by atoms with van der Waals surface area (Å²) in [4.78, 5) is 28.0. The van der Waals surface area contributed by atoms with E-state index in [1.165, 1.54) is 17.7 Å². The van der Waals surface area contributed by atoms with Gasteiger partial charge in [0.15, 0.2) is 0 Å². The first kappa shape index (κ1) is 24.6. The third kappa shape index (κ3) is 4.78. The summed E-state index contributed by atoms with van der Waals surface area (Å²) in [5.74, 6) is 1.12. The van der Waals surface area contributed by atoms with Crippen molar-refractivity contribution in [3.05, 3.63) is 59.7 Å². The number of amides is 1. The lowest BCUT2D eigenvalue weighted by Gasteiger charge is -2.44. The number of aryl methyl sites for hydroxylation is 1. The summed E-state index contributed by atoms with van der Waals surface area (Å²) >= 11 is 0. The van der Waals surface area contributed by atoms with Crippen LogP contribution in [0.25, 0.3) is 5.65 Å². The smallest absolute Gasteiger partial charge is 0.407 e. The van der Waals surface area contributed by atoms with Crippen LogP contribution < -0.4 is 4.90 Å². The molecular weight excluding hydrogens is 452 g/mol. The van der Waals surface area contributed by atoms with Crippen LogP contribution in [0, 0.1) is 0 Å². The number of aromatic nitrogens is 3. The Hall–Kier alpha value is -3.13. The summed E-state index contributed by atoms with van der Waals surface area (Å²) in [5.41, 5.74) is 4.17. The van der Waals surface area contributed by atoms with E-state index >= 15 is 0 Å². The number of piperidine rings is 1. The van der Waals surface area contributed by atoms with E-state index in [1.54, 1.807) is 4.90 Å². The fourth-order valence-electron chi connectivity index (χ4n) is 6.10. The molecule has 192 valence electrons. The molecule has 36 heavy (non-hydrogen) atoms. The van der Waals surface area contributed by atoms with E-state index in [-0.39, 0.29) is 6.04 Å². The zero-order chi connectivity index (χ0) is 25.4. The van der Waals surface area contributed by atoms with Crippen molar-refractivity contribution in [1.82, 2.24) is 24.2 Å². The number of nitrogens with zero attached hydrogens (tertiary/aromatic N) is 6. The highest BCUT2D eigenvalue weighted by molar-refractivity contribution is 5.66. The normalized spacial score (nSPS) is 19.0. The van der Waals surface area contributed by atoms with E-state index in [4.69, 9.17) is 9.97 Å². The van der Waals surface area contributed by atoms with Crippen molar-refractivity contribution >= 4 is 17.6 Å². The average molecular weight is 491 g/mol. The SMILES string of the molecule is CN(Cc1cn2c(N3CCC(N(C(=O)O)C(C)(C)C)CC3)cccc2n1)C1CCCc2cccnc21. The second-order valence-electron chi connectivity index (χ2n) is 11.3. The van der Waals surface area contributed by atoms with Gasteiger partial charge in [-0.3, -0.25) is 14.3 Å². The predicted molar refractivity (Wildman–Crippen MR) is 141 cm³/mol. The van der Waals surface area contributed by atoms with Crippen LogP contribution in [0.15, 0.2) is 42.7 Å². The molecule has 0 saturated carbocycles. The number of rotatable bonds is 5. The molecule has 3 aromatic heterocycles. The average Bonchev–Trinajstić information content (AvgIpc) is 3.25. The van der Waals surface area contributed by atoms with Gasteiger partial charge < -0.3 is 14.9 Å². The summed E-state index contributed by atoms with van der Waals surface area (Å²) in [7, 11) is 2.17. The number of pyridine rings is 2. The van der Waals surface area contributed by atoms with Gasteiger partial charge in [-0.1, -0.05) is 12.1 Å². The fraction of sp³-hybridized carbons (Fsp3) is 0.536. The van der Waals surface area contributed by atoms with Gasteiger partial charge in [0, 0.05) is 43.6 Å². The third-order valence-corrected chi connectivity index (χ3v) is 7.71. The van der Waals surface area contributed by atoms with Gasteiger partial charge in [-0.05, 0) is 83.7 Å². The molecule has 0 bridgehead atoms. The molecule has 1 saturated heterocycles. The summed E-state index contributed by atoms with van der Waals surface area (Å²) in [6, 6.07) is 10.9. The van der Waals surface area contributed by atoms with Crippen LogP contribution in [0.2, 0.25) is 0 Å². The molecular formula is C28H38N6O2. The molecule has 1 aliphatic heterocycles. The van der Waals surface area contributed by atoms with Gasteiger partial charge in [-0.25, -0.2) is 9.78 Å². The number of imidazole rings is 1. The second-order valence-corrected chi connectivity index (χ2v) is 11.3. The van der Waals surface area contributed by atoms with E-state index in [1.807, 2.05) is 33.0 Å². The lowest BCUT2D eigenvalue weighted by atomic mass is 9.91. The molecule has 1 aliphatic carbocycles. The van der Waals surface area contributed by atoms with E-state index in [0.717, 1.165) is 62.5 Å². The molecule has 1 N–H and O–H groups in total. The molecule has 2 aliphatic rings. The maximum Gasteiger partial charge on any atom is 0.407 e. The van der Waals surface area contributed by atoms with Crippen LogP contribution in [0.4, 0.5) is 10.6 Å². The van der Waals surface area contributed by atoms with Crippen LogP contribution in [-0.4, -0.2) is 67.1 Å². The largest absolute Gasteiger partial charge is 0.465 e. The number of hydrogen-bond acceptors (Lipinski definition) is 5. The van der Waals surface area contributed by atoms with Gasteiger partial charge in [-0.2, -0.15) is 0 Å².